The molecule has 2 aromatic carbocycles. The molecular weight excluding hydrogens is 300 g/mol. The quantitative estimate of drug-likeness (QED) is 0.942. The van der Waals surface area contributed by atoms with E-state index in [9.17, 15) is 13.2 Å². The molecule has 0 unspecified atom stereocenters. The molecule has 0 atom stereocenters. The van der Waals surface area contributed by atoms with Gasteiger partial charge in [0.2, 0.25) is 5.91 Å². The van der Waals surface area contributed by atoms with Gasteiger partial charge in [0.15, 0.2) is 0 Å². The summed E-state index contributed by atoms with van der Waals surface area (Å²) in [6.07, 6.45) is 0. The molecule has 0 spiro atoms. The van der Waals surface area contributed by atoms with Crippen molar-refractivity contribution in [2.24, 2.45) is 0 Å². The van der Waals surface area contributed by atoms with Crippen molar-refractivity contribution in [1.29, 1.82) is 0 Å². The molecule has 116 valence electrons. The summed E-state index contributed by atoms with van der Waals surface area (Å²) in [6, 6.07) is 13.4. The minimum atomic E-state index is -3.70. The largest absolute Gasteiger partial charge is 0.314 e. The van der Waals surface area contributed by atoms with Crippen LogP contribution in [0.2, 0.25) is 0 Å². The summed E-state index contributed by atoms with van der Waals surface area (Å²) < 4.78 is 27.4. The van der Waals surface area contributed by atoms with Gasteiger partial charge in [-0.05, 0) is 31.2 Å². The van der Waals surface area contributed by atoms with Gasteiger partial charge in [0.25, 0.3) is 10.0 Å². The summed E-state index contributed by atoms with van der Waals surface area (Å²) in [5.41, 5.74) is 1.85. The minimum absolute atomic E-state index is 0.179. The highest BCUT2D eigenvalue weighted by Gasteiger charge is 2.18. The van der Waals surface area contributed by atoms with Gasteiger partial charge in [-0.3, -0.25) is 9.52 Å². The molecule has 5 nitrogen and oxygen atoms in total. The first-order valence-corrected chi connectivity index (χ1v) is 8.22. The first-order chi connectivity index (χ1) is 10.3. The lowest BCUT2D eigenvalue weighted by Crippen LogP contribution is -2.25. The Bertz CT molecular complexity index is 783. The molecule has 2 aromatic rings. The topological polar surface area (TPSA) is 66.5 Å². The van der Waals surface area contributed by atoms with Crippen molar-refractivity contribution in [1.82, 2.24) is 0 Å². The summed E-state index contributed by atoms with van der Waals surface area (Å²) in [6.45, 7) is 3.31. The highest BCUT2D eigenvalue weighted by molar-refractivity contribution is 7.92. The predicted molar refractivity (Wildman–Crippen MR) is 87.5 cm³/mol. The second-order valence-corrected chi connectivity index (χ2v) is 6.70. The monoisotopic (exact) mass is 318 g/mol. The number of hydrogen-bond donors (Lipinski definition) is 1. The molecular formula is C16H18N2O3S. The lowest BCUT2D eigenvalue weighted by atomic mass is 10.2. The van der Waals surface area contributed by atoms with Gasteiger partial charge in [0.05, 0.1) is 16.3 Å². The minimum Gasteiger partial charge on any atom is -0.314 e. The standard InChI is InChI=1S/C16H18N2O3S/c1-12-8-10-14(11-9-12)22(20,21)17-15-6-4-5-7-16(15)18(3)13(2)19/h4-11,17H,1-3H3. The second kappa shape index (κ2) is 6.19. The normalized spacial score (nSPS) is 11.0. The van der Waals surface area contributed by atoms with E-state index in [1.54, 1.807) is 55.6 Å². The van der Waals surface area contributed by atoms with Crippen LogP contribution in [-0.2, 0) is 14.8 Å². The second-order valence-electron chi connectivity index (χ2n) is 5.01. The van der Waals surface area contributed by atoms with Crippen LogP contribution in [0.3, 0.4) is 0 Å². The number of benzene rings is 2. The number of rotatable bonds is 4. The highest BCUT2D eigenvalue weighted by atomic mass is 32.2. The molecule has 0 aliphatic rings. The fourth-order valence-electron chi connectivity index (χ4n) is 1.94. The van der Waals surface area contributed by atoms with Crippen LogP contribution in [0.5, 0.6) is 0 Å². The molecule has 22 heavy (non-hydrogen) atoms. The molecule has 0 radical (unpaired) electrons. The number of carbonyl (C=O) groups is 1. The van der Waals surface area contributed by atoms with Gasteiger partial charge >= 0.3 is 0 Å². The van der Waals surface area contributed by atoms with Crippen LogP contribution in [-0.4, -0.2) is 21.4 Å². The Morgan fingerprint density at radius 2 is 1.64 bits per heavy atom. The van der Waals surface area contributed by atoms with E-state index in [0.717, 1.165) is 5.56 Å². The maximum atomic E-state index is 12.4. The van der Waals surface area contributed by atoms with Gasteiger partial charge in [-0.15, -0.1) is 0 Å². The number of amides is 1. The van der Waals surface area contributed by atoms with Crippen molar-refractivity contribution in [2.75, 3.05) is 16.7 Å². The molecule has 1 N–H and O–H groups in total. The van der Waals surface area contributed by atoms with Gasteiger partial charge in [0, 0.05) is 14.0 Å². The van der Waals surface area contributed by atoms with Gasteiger partial charge < -0.3 is 4.90 Å². The van der Waals surface area contributed by atoms with Gasteiger partial charge in [0.1, 0.15) is 0 Å². The van der Waals surface area contributed by atoms with E-state index in [-0.39, 0.29) is 10.8 Å². The van der Waals surface area contributed by atoms with Crippen LogP contribution in [0.1, 0.15) is 12.5 Å². The molecule has 0 bridgehead atoms. The fourth-order valence-corrected chi connectivity index (χ4v) is 3.02. The van der Waals surface area contributed by atoms with Crippen LogP contribution >= 0.6 is 0 Å². The van der Waals surface area contributed by atoms with Crippen LogP contribution < -0.4 is 9.62 Å². The SMILES string of the molecule is CC(=O)N(C)c1ccccc1NS(=O)(=O)c1ccc(C)cc1. The van der Waals surface area contributed by atoms with Crippen LogP contribution in [0, 0.1) is 6.92 Å². The fraction of sp³-hybridized carbons (Fsp3) is 0.188. The molecule has 0 saturated carbocycles. The number of carbonyl (C=O) groups excluding carboxylic acids is 1. The third-order valence-electron chi connectivity index (χ3n) is 3.31. The zero-order valence-corrected chi connectivity index (χ0v) is 13.5. The van der Waals surface area contributed by atoms with E-state index in [1.807, 2.05) is 6.92 Å². The maximum absolute atomic E-state index is 12.4. The first kappa shape index (κ1) is 16.0. The first-order valence-electron chi connectivity index (χ1n) is 6.74. The van der Waals surface area contributed by atoms with Gasteiger partial charge in [-0.25, -0.2) is 8.42 Å². The molecule has 2 rings (SSSR count). The third kappa shape index (κ3) is 3.46. The van der Waals surface area contributed by atoms with E-state index >= 15 is 0 Å². The number of sulfonamides is 1. The average Bonchev–Trinajstić information content (AvgIpc) is 2.47. The number of aryl methyl sites for hydroxylation is 1. The molecule has 0 aromatic heterocycles. The summed E-state index contributed by atoms with van der Waals surface area (Å²) >= 11 is 0. The predicted octanol–water partition coefficient (Wildman–Crippen LogP) is 2.78. The van der Waals surface area contributed by atoms with Crippen molar-refractivity contribution in [3.05, 3.63) is 54.1 Å². The summed E-state index contributed by atoms with van der Waals surface area (Å²) in [5, 5.41) is 0. The zero-order valence-electron chi connectivity index (χ0n) is 12.7. The van der Waals surface area contributed by atoms with Crippen molar-refractivity contribution in [3.63, 3.8) is 0 Å². The van der Waals surface area contributed by atoms with E-state index < -0.39 is 10.0 Å². The molecule has 0 heterocycles. The Hall–Kier alpha value is -2.34. The lowest BCUT2D eigenvalue weighted by molar-refractivity contribution is -0.116. The Morgan fingerprint density at radius 3 is 2.23 bits per heavy atom. The van der Waals surface area contributed by atoms with Gasteiger partial charge in [-0.2, -0.15) is 0 Å². The number of nitrogens with zero attached hydrogens (tertiary/aromatic N) is 1. The van der Waals surface area contributed by atoms with E-state index in [0.29, 0.717) is 11.4 Å². The van der Waals surface area contributed by atoms with E-state index in [2.05, 4.69) is 4.72 Å². The third-order valence-corrected chi connectivity index (χ3v) is 4.69. The smallest absolute Gasteiger partial charge is 0.261 e. The number of nitrogens with one attached hydrogen (secondary N) is 1. The summed E-state index contributed by atoms with van der Waals surface area (Å²) in [7, 11) is -2.10. The zero-order chi connectivity index (χ0) is 16.3. The van der Waals surface area contributed by atoms with Crippen molar-refractivity contribution >= 4 is 27.3 Å². The molecule has 0 aliphatic carbocycles. The summed E-state index contributed by atoms with van der Waals surface area (Å²) in [5.74, 6) is -0.179. The Balaban J connectivity index is 2.38. The molecule has 6 heteroatoms. The molecule has 0 aliphatic heterocycles. The van der Waals surface area contributed by atoms with E-state index in [4.69, 9.17) is 0 Å². The molecule has 0 fully saturated rings. The van der Waals surface area contributed by atoms with Crippen LogP contribution in [0.25, 0.3) is 0 Å². The highest BCUT2D eigenvalue weighted by Crippen LogP contribution is 2.27. The molecule has 0 saturated heterocycles. The molecule has 1 amide bonds. The number of anilines is 2. The summed E-state index contributed by atoms with van der Waals surface area (Å²) in [4.78, 5) is 13.1. The van der Waals surface area contributed by atoms with Crippen molar-refractivity contribution < 1.29 is 13.2 Å². The van der Waals surface area contributed by atoms with Gasteiger partial charge in [-0.1, -0.05) is 29.8 Å². The van der Waals surface area contributed by atoms with Crippen LogP contribution in [0.15, 0.2) is 53.4 Å². The van der Waals surface area contributed by atoms with E-state index in [1.165, 1.54) is 11.8 Å². The maximum Gasteiger partial charge on any atom is 0.261 e. The Morgan fingerprint density at radius 1 is 1.05 bits per heavy atom. The number of hydrogen-bond acceptors (Lipinski definition) is 3. The number of para-hydroxylation sites is 2. The lowest BCUT2D eigenvalue weighted by Gasteiger charge is -2.19. The van der Waals surface area contributed by atoms with Crippen molar-refractivity contribution in [2.45, 2.75) is 18.7 Å². The average molecular weight is 318 g/mol. The van der Waals surface area contributed by atoms with Crippen LogP contribution in [0.4, 0.5) is 11.4 Å². The Kier molecular flexibility index (Phi) is 4.51. The Labute approximate surface area is 130 Å². The van der Waals surface area contributed by atoms with Crippen molar-refractivity contribution in [3.8, 4) is 0 Å².